The maximum absolute atomic E-state index is 9.98. The molecule has 1 atom stereocenters. The Kier molecular flexibility index (Phi) is 3.78. The standard InChI is InChI=1S/C17H13NOS/c19-14(11-10-13-6-2-1-3-7-13)12-17-18-15-8-4-5-9-16(15)20-17/h1-9,14,19H,12H2. The van der Waals surface area contributed by atoms with Crippen molar-refractivity contribution in [2.45, 2.75) is 12.5 Å². The van der Waals surface area contributed by atoms with Gasteiger partial charge in [-0.25, -0.2) is 4.98 Å². The quantitative estimate of drug-likeness (QED) is 0.730. The third-order valence-electron chi connectivity index (χ3n) is 2.86. The SMILES string of the molecule is OC(C#Cc1ccccc1)Cc1nc2ccccc2s1. The highest BCUT2D eigenvalue weighted by molar-refractivity contribution is 7.18. The lowest BCUT2D eigenvalue weighted by atomic mass is 10.2. The van der Waals surface area contributed by atoms with E-state index >= 15 is 0 Å². The average molecular weight is 279 g/mol. The molecule has 3 heteroatoms. The molecule has 0 saturated heterocycles. The second kappa shape index (κ2) is 5.87. The predicted molar refractivity (Wildman–Crippen MR) is 82.7 cm³/mol. The first-order valence-electron chi connectivity index (χ1n) is 6.40. The number of nitrogens with zero attached hydrogens (tertiary/aromatic N) is 1. The molecule has 2 aromatic carbocycles. The maximum Gasteiger partial charge on any atom is 0.121 e. The minimum Gasteiger partial charge on any atom is -0.380 e. The van der Waals surface area contributed by atoms with Crippen molar-refractivity contribution in [2.75, 3.05) is 0 Å². The third kappa shape index (κ3) is 3.05. The Hall–Kier alpha value is -2.15. The number of hydrogen-bond acceptors (Lipinski definition) is 3. The second-order valence-corrected chi connectivity index (χ2v) is 5.55. The summed E-state index contributed by atoms with van der Waals surface area (Å²) < 4.78 is 1.14. The predicted octanol–water partition coefficient (Wildman–Crippen LogP) is 3.25. The van der Waals surface area contributed by atoms with Gasteiger partial charge in [0.05, 0.1) is 15.2 Å². The molecule has 1 heterocycles. The van der Waals surface area contributed by atoms with E-state index in [9.17, 15) is 5.11 Å². The summed E-state index contributed by atoms with van der Waals surface area (Å²) in [6.07, 6.45) is -0.213. The minimum atomic E-state index is -0.684. The van der Waals surface area contributed by atoms with Gasteiger partial charge in [-0.1, -0.05) is 42.2 Å². The summed E-state index contributed by atoms with van der Waals surface area (Å²) in [6.45, 7) is 0. The highest BCUT2D eigenvalue weighted by Crippen LogP contribution is 2.22. The molecule has 0 aliphatic rings. The van der Waals surface area contributed by atoms with Gasteiger partial charge in [-0.05, 0) is 24.3 Å². The van der Waals surface area contributed by atoms with Gasteiger partial charge in [-0.3, -0.25) is 0 Å². The van der Waals surface area contributed by atoms with Crippen LogP contribution >= 0.6 is 11.3 Å². The van der Waals surface area contributed by atoms with Crippen LogP contribution in [0.1, 0.15) is 10.6 Å². The molecule has 1 aromatic heterocycles. The molecular weight excluding hydrogens is 266 g/mol. The molecule has 1 unspecified atom stereocenters. The Bertz CT molecular complexity index is 735. The van der Waals surface area contributed by atoms with Crippen LogP contribution in [0.5, 0.6) is 0 Å². The normalized spacial score (nSPS) is 11.8. The van der Waals surface area contributed by atoms with Crippen molar-refractivity contribution in [1.82, 2.24) is 4.98 Å². The van der Waals surface area contributed by atoms with Crippen LogP contribution in [0.2, 0.25) is 0 Å². The fraction of sp³-hybridized carbons (Fsp3) is 0.118. The Balaban J connectivity index is 1.73. The summed E-state index contributed by atoms with van der Waals surface area (Å²) in [7, 11) is 0. The van der Waals surface area contributed by atoms with Crippen molar-refractivity contribution in [3.05, 3.63) is 65.2 Å². The molecule has 2 nitrogen and oxygen atoms in total. The molecule has 0 aliphatic carbocycles. The number of aliphatic hydroxyl groups is 1. The van der Waals surface area contributed by atoms with Crippen LogP contribution in [0, 0.1) is 11.8 Å². The van der Waals surface area contributed by atoms with E-state index < -0.39 is 6.10 Å². The van der Waals surface area contributed by atoms with Gasteiger partial charge in [-0.15, -0.1) is 11.3 Å². The summed E-state index contributed by atoms with van der Waals surface area (Å²) in [5, 5.41) is 10.9. The van der Waals surface area contributed by atoms with Crippen molar-refractivity contribution >= 4 is 21.6 Å². The summed E-state index contributed by atoms with van der Waals surface area (Å²) in [6, 6.07) is 17.7. The van der Waals surface area contributed by atoms with Gasteiger partial charge in [0.2, 0.25) is 0 Å². The van der Waals surface area contributed by atoms with Gasteiger partial charge in [0.25, 0.3) is 0 Å². The van der Waals surface area contributed by atoms with Crippen LogP contribution in [0.3, 0.4) is 0 Å². The zero-order chi connectivity index (χ0) is 13.8. The number of hydrogen-bond donors (Lipinski definition) is 1. The van der Waals surface area contributed by atoms with Gasteiger partial charge in [-0.2, -0.15) is 0 Å². The van der Waals surface area contributed by atoms with Gasteiger partial charge in [0.15, 0.2) is 0 Å². The Morgan fingerprint density at radius 3 is 2.60 bits per heavy atom. The van der Waals surface area contributed by atoms with Crippen molar-refractivity contribution in [2.24, 2.45) is 0 Å². The van der Waals surface area contributed by atoms with E-state index in [1.807, 2.05) is 54.6 Å². The highest BCUT2D eigenvalue weighted by Gasteiger charge is 2.07. The molecule has 98 valence electrons. The Morgan fingerprint density at radius 2 is 1.80 bits per heavy atom. The molecule has 0 amide bonds. The lowest BCUT2D eigenvalue weighted by Gasteiger charge is -1.98. The van der Waals surface area contributed by atoms with Crippen LogP contribution in [0.15, 0.2) is 54.6 Å². The zero-order valence-corrected chi connectivity index (χ0v) is 11.6. The van der Waals surface area contributed by atoms with Crippen LogP contribution in [0.4, 0.5) is 0 Å². The van der Waals surface area contributed by atoms with Crippen molar-refractivity contribution in [1.29, 1.82) is 0 Å². The van der Waals surface area contributed by atoms with Crippen molar-refractivity contribution in [3.63, 3.8) is 0 Å². The molecule has 0 bridgehead atoms. The minimum absolute atomic E-state index is 0.471. The number of aromatic nitrogens is 1. The molecule has 0 aliphatic heterocycles. The number of para-hydroxylation sites is 1. The van der Waals surface area contributed by atoms with Gasteiger partial charge in [0.1, 0.15) is 6.10 Å². The number of thiazole rings is 1. The lowest BCUT2D eigenvalue weighted by Crippen LogP contribution is -2.06. The number of aliphatic hydroxyl groups excluding tert-OH is 1. The molecule has 0 saturated carbocycles. The zero-order valence-electron chi connectivity index (χ0n) is 10.8. The van der Waals surface area contributed by atoms with E-state index in [1.54, 1.807) is 11.3 Å². The van der Waals surface area contributed by atoms with E-state index in [-0.39, 0.29) is 0 Å². The van der Waals surface area contributed by atoms with E-state index in [0.717, 1.165) is 20.8 Å². The number of rotatable bonds is 2. The molecular formula is C17H13NOS. The van der Waals surface area contributed by atoms with Crippen LogP contribution < -0.4 is 0 Å². The van der Waals surface area contributed by atoms with Gasteiger partial charge >= 0.3 is 0 Å². The first kappa shape index (κ1) is 12.9. The first-order chi connectivity index (χ1) is 9.81. The lowest BCUT2D eigenvalue weighted by molar-refractivity contribution is 0.233. The average Bonchev–Trinajstić information content (AvgIpc) is 2.88. The van der Waals surface area contributed by atoms with Gasteiger partial charge in [0, 0.05) is 12.0 Å². The molecule has 0 spiro atoms. The second-order valence-electron chi connectivity index (χ2n) is 4.43. The number of fused-ring (bicyclic) bond motifs is 1. The smallest absolute Gasteiger partial charge is 0.121 e. The fourth-order valence-corrected chi connectivity index (χ4v) is 2.92. The van der Waals surface area contributed by atoms with Crippen LogP contribution in [0.25, 0.3) is 10.2 Å². The van der Waals surface area contributed by atoms with Crippen LogP contribution in [-0.4, -0.2) is 16.2 Å². The van der Waals surface area contributed by atoms with E-state index in [0.29, 0.717) is 6.42 Å². The summed E-state index contributed by atoms with van der Waals surface area (Å²) in [4.78, 5) is 4.50. The topological polar surface area (TPSA) is 33.1 Å². The number of benzene rings is 2. The molecule has 1 N–H and O–H groups in total. The van der Waals surface area contributed by atoms with E-state index in [2.05, 4.69) is 16.8 Å². The van der Waals surface area contributed by atoms with E-state index in [4.69, 9.17) is 0 Å². The summed E-state index contributed by atoms with van der Waals surface area (Å²) in [5.74, 6) is 5.84. The van der Waals surface area contributed by atoms with Crippen LogP contribution in [-0.2, 0) is 6.42 Å². The summed E-state index contributed by atoms with van der Waals surface area (Å²) >= 11 is 1.61. The monoisotopic (exact) mass is 279 g/mol. The Labute approximate surface area is 121 Å². The Morgan fingerprint density at radius 1 is 1.05 bits per heavy atom. The molecule has 0 radical (unpaired) electrons. The maximum atomic E-state index is 9.98. The van der Waals surface area contributed by atoms with Crippen molar-refractivity contribution in [3.8, 4) is 11.8 Å². The van der Waals surface area contributed by atoms with E-state index in [1.165, 1.54) is 0 Å². The summed E-state index contributed by atoms with van der Waals surface area (Å²) in [5.41, 5.74) is 1.89. The third-order valence-corrected chi connectivity index (χ3v) is 3.92. The van der Waals surface area contributed by atoms with Gasteiger partial charge < -0.3 is 5.11 Å². The molecule has 3 rings (SSSR count). The molecule has 0 fully saturated rings. The van der Waals surface area contributed by atoms with Crippen molar-refractivity contribution < 1.29 is 5.11 Å². The molecule has 3 aromatic rings. The molecule has 20 heavy (non-hydrogen) atoms. The fourth-order valence-electron chi connectivity index (χ4n) is 1.91. The first-order valence-corrected chi connectivity index (χ1v) is 7.22. The highest BCUT2D eigenvalue weighted by atomic mass is 32.1. The largest absolute Gasteiger partial charge is 0.380 e.